The number of nitrogens with zero attached hydrogens (tertiary/aromatic N) is 1. The molecule has 0 radical (unpaired) electrons. The van der Waals surface area contributed by atoms with E-state index in [2.05, 4.69) is 24.1 Å². The number of rotatable bonds is 4. The highest BCUT2D eigenvalue weighted by Crippen LogP contribution is 2.15. The molecule has 1 heterocycles. The van der Waals surface area contributed by atoms with Gasteiger partial charge in [-0.1, -0.05) is 13.8 Å². The van der Waals surface area contributed by atoms with Crippen molar-refractivity contribution in [2.45, 2.75) is 19.8 Å². The van der Waals surface area contributed by atoms with Gasteiger partial charge in [-0.25, -0.2) is 4.98 Å². The average molecular weight is 170 g/mol. The Balaban J connectivity index is 2.36. The van der Waals surface area contributed by atoms with Gasteiger partial charge in [0, 0.05) is 24.0 Å². The second-order valence-corrected chi connectivity index (χ2v) is 3.51. The Hall–Kier alpha value is -0.410. The van der Waals surface area contributed by atoms with Crippen LogP contribution in [0.3, 0.4) is 0 Å². The molecule has 1 unspecified atom stereocenters. The smallest absolute Gasteiger partial charge is 0.0965 e. The molecule has 0 spiro atoms. The van der Waals surface area contributed by atoms with Crippen LogP contribution in [0.1, 0.15) is 24.8 Å². The lowest BCUT2D eigenvalue weighted by molar-refractivity contribution is 0.632. The lowest BCUT2D eigenvalue weighted by atomic mass is 10.2. The number of thiazole rings is 1. The minimum absolute atomic E-state index is 0.551. The molecule has 0 aliphatic heterocycles. The Kier molecular flexibility index (Phi) is 3.52. The fraction of sp³-hybridized carbons (Fsp3) is 0.625. The van der Waals surface area contributed by atoms with E-state index in [1.807, 2.05) is 11.6 Å². The summed E-state index contributed by atoms with van der Waals surface area (Å²) >= 11 is 1.73. The van der Waals surface area contributed by atoms with E-state index >= 15 is 0 Å². The van der Waals surface area contributed by atoms with Gasteiger partial charge < -0.3 is 5.32 Å². The summed E-state index contributed by atoms with van der Waals surface area (Å²) < 4.78 is 0. The van der Waals surface area contributed by atoms with Gasteiger partial charge >= 0.3 is 0 Å². The molecule has 1 rings (SSSR count). The summed E-state index contributed by atoms with van der Waals surface area (Å²) in [6, 6.07) is 0. The summed E-state index contributed by atoms with van der Waals surface area (Å²) in [5, 5.41) is 6.56. The van der Waals surface area contributed by atoms with E-state index in [-0.39, 0.29) is 0 Å². The van der Waals surface area contributed by atoms with Crippen molar-refractivity contribution in [2.24, 2.45) is 0 Å². The fourth-order valence-electron chi connectivity index (χ4n) is 0.926. The van der Waals surface area contributed by atoms with Crippen molar-refractivity contribution < 1.29 is 0 Å². The predicted molar refractivity (Wildman–Crippen MR) is 49.1 cm³/mol. The molecule has 1 aromatic heterocycles. The van der Waals surface area contributed by atoms with Crippen LogP contribution in [-0.4, -0.2) is 18.1 Å². The molecule has 0 bridgehead atoms. The molecule has 0 aliphatic carbocycles. The van der Waals surface area contributed by atoms with E-state index in [1.165, 1.54) is 5.01 Å². The Morgan fingerprint density at radius 1 is 1.73 bits per heavy atom. The average Bonchev–Trinajstić information content (AvgIpc) is 2.52. The van der Waals surface area contributed by atoms with Crippen molar-refractivity contribution in [3.63, 3.8) is 0 Å². The highest BCUT2D eigenvalue weighted by Gasteiger charge is 2.05. The van der Waals surface area contributed by atoms with Crippen molar-refractivity contribution in [3.8, 4) is 0 Å². The maximum atomic E-state index is 4.25. The molecule has 1 aromatic rings. The molecule has 0 fully saturated rings. The SMILES string of the molecule is CCNCC(C)c1nccs1. The summed E-state index contributed by atoms with van der Waals surface area (Å²) in [6.45, 7) is 6.38. The van der Waals surface area contributed by atoms with Crippen molar-refractivity contribution >= 4 is 11.3 Å². The topological polar surface area (TPSA) is 24.9 Å². The first-order valence-electron chi connectivity index (χ1n) is 3.94. The third-order valence-corrected chi connectivity index (χ3v) is 2.58. The first-order chi connectivity index (χ1) is 5.34. The monoisotopic (exact) mass is 170 g/mol. The molecule has 2 nitrogen and oxygen atoms in total. The van der Waals surface area contributed by atoms with Crippen LogP contribution in [0.25, 0.3) is 0 Å². The maximum absolute atomic E-state index is 4.25. The summed E-state index contributed by atoms with van der Waals surface area (Å²) in [4.78, 5) is 4.25. The van der Waals surface area contributed by atoms with Gasteiger partial charge in [-0.2, -0.15) is 0 Å². The zero-order chi connectivity index (χ0) is 8.10. The molecular formula is C8H14N2S. The molecule has 0 saturated carbocycles. The quantitative estimate of drug-likeness (QED) is 0.746. The molecule has 3 heteroatoms. The molecule has 0 aliphatic rings. The fourth-order valence-corrected chi connectivity index (χ4v) is 1.62. The van der Waals surface area contributed by atoms with Crippen LogP contribution in [-0.2, 0) is 0 Å². The molecule has 1 atom stereocenters. The van der Waals surface area contributed by atoms with Crippen LogP contribution in [0.5, 0.6) is 0 Å². The van der Waals surface area contributed by atoms with Crippen molar-refractivity contribution in [3.05, 3.63) is 16.6 Å². The molecule has 1 N–H and O–H groups in total. The second kappa shape index (κ2) is 4.46. The lowest BCUT2D eigenvalue weighted by Gasteiger charge is -2.07. The first kappa shape index (κ1) is 8.68. The predicted octanol–water partition coefficient (Wildman–Crippen LogP) is 1.86. The zero-order valence-corrected chi connectivity index (χ0v) is 7.82. The number of aromatic nitrogens is 1. The van der Waals surface area contributed by atoms with Gasteiger partial charge in [0.05, 0.1) is 5.01 Å². The molecule has 0 saturated heterocycles. The first-order valence-corrected chi connectivity index (χ1v) is 4.82. The third kappa shape index (κ3) is 2.60. The van der Waals surface area contributed by atoms with Gasteiger partial charge in [-0.15, -0.1) is 11.3 Å². The van der Waals surface area contributed by atoms with Crippen LogP contribution < -0.4 is 5.32 Å². The Labute approximate surface area is 71.7 Å². The van der Waals surface area contributed by atoms with Gasteiger partial charge in [0.25, 0.3) is 0 Å². The highest BCUT2D eigenvalue weighted by atomic mass is 32.1. The van der Waals surface area contributed by atoms with Crippen LogP contribution in [0.4, 0.5) is 0 Å². The maximum Gasteiger partial charge on any atom is 0.0965 e. The summed E-state index contributed by atoms with van der Waals surface area (Å²) in [5.41, 5.74) is 0. The normalized spacial score (nSPS) is 13.3. The molecule has 0 amide bonds. The Bertz CT molecular complexity index is 184. The van der Waals surface area contributed by atoms with E-state index in [0.29, 0.717) is 5.92 Å². The summed E-state index contributed by atoms with van der Waals surface area (Å²) in [7, 11) is 0. The highest BCUT2D eigenvalue weighted by molar-refractivity contribution is 7.09. The lowest BCUT2D eigenvalue weighted by Crippen LogP contribution is -2.19. The molecule has 0 aromatic carbocycles. The largest absolute Gasteiger partial charge is 0.316 e. The standard InChI is InChI=1S/C8H14N2S/c1-3-9-6-7(2)8-10-4-5-11-8/h4-5,7,9H,3,6H2,1-2H3. The third-order valence-electron chi connectivity index (χ3n) is 1.57. The van der Waals surface area contributed by atoms with Gasteiger partial charge in [-0.3, -0.25) is 0 Å². The van der Waals surface area contributed by atoms with Crippen molar-refractivity contribution in [1.29, 1.82) is 0 Å². The van der Waals surface area contributed by atoms with E-state index in [1.54, 1.807) is 11.3 Å². The number of hydrogen-bond acceptors (Lipinski definition) is 3. The molecule has 62 valence electrons. The minimum Gasteiger partial charge on any atom is -0.316 e. The van der Waals surface area contributed by atoms with E-state index in [4.69, 9.17) is 0 Å². The van der Waals surface area contributed by atoms with E-state index in [0.717, 1.165) is 13.1 Å². The zero-order valence-electron chi connectivity index (χ0n) is 7.00. The summed E-state index contributed by atoms with van der Waals surface area (Å²) in [6.07, 6.45) is 1.86. The van der Waals surface area contributed by atoms with E-state index in [9.17, 15) is 0 Å². The van der Waals surface area contributed by atoms with Crippen molar-refractivity contribution in [1.82, 2.24) is 10.3 Å². The van der Waals surface area contributed by atoms with Crippen LogP contribution in [0.2, 0.25) is 0 Å². The Morgan fingerprint density at radius 3 is 3.09 bits per heavy atom. The van der Waals surface area contributed by atoms with Gasteiger partial charge in [0.1, 0.15) is 0 Å². The van der Waals surface area contributed by atoms with Crippen molar-refractivity contribution in [2.75, 3.05) is 13.1 Å². The molecular weight excluding hydrogens is 156 g/mol. The van der Waals surface area contributed by atoms with Crippen LogP contribution in [0.15, 0.2) is 11.6 Å². The van der Waals surface area contributed by atoms with Gasteiger partial charge in [0.2, 0.25) is 0 Å². The van der Waals surface area contributed by atoms with Crippen LogP contribution >= 0.6 is 11.3 Å². The minimum atomic E-state index is 0.551. The van der Waals surface area contributed by atoms with Gasteiger partial charge in [-0.05, 0) is 6.54 Å². The number of hydrogen-bond donors (Lipinski definition) is 1. The number of nitrogens with one attached hydrogen (secondary N) is 1. The second-order valence-electron chi connectivity index (χ2n) is 2.58. The summed E-state index contributed by atoms with van der Waals surface area (Å²) in [5.74, 6) is 0.551. The number of likely N-dealkylation sites (N-methyl/N-ethyl adjacent to an activating group) is 1. The van der Waals surface area contributed by atoms with Gasteiger partial charge in [0.15, 0.2) is 0 Å². The van der Waals surface area contributed by atoms with E-state index < -0.39 is 0 Å². The molecule has 11 heavy (non-hydrogen) atoms. The Morgan fingerprint density at radius 2 is 2.55 bits per heavy atom. The van der Waals surface area contributed by atoms with Crippen LogP contribution in [0, 0.1) is 0 Å².